The van der Waals surface area contributed by atoms with Crippen molar-refractivity contribution in [1.29, 1.82) is 0 Å². The number of nitro groups is 1. The second-order valence-electron chi connectivity index (χ2n) is 8.03. The third-order valence-corrected chi connectivity index (χ3v) is 6.90. The zero-order valence-corrected chi connectivity index (χ0v) is 18.9. The molecule has 32 heavy (non-hydrogen) atoms. The van der Waals surface area contributed by atoms with Crippen LogP contribution in [0.4, 0.5) is 11.4 Å². The molecule has 0 spiro atoms. The van der Waals surface area contributed by atoms with Crippen LogP contribution in [0.2, 0.25) is 0 Å². The molecule has 8 heteroatoms. The number of carbonyl (C=O) groups is 1. The Labute approximate surface area is 191 Å². The number of rotatable bonds is 5. The minimum atomic E-state index is -0.483. The number of carbonyl (C=O) groups excluding carboxylic acids is 1. The SMILES string of the molecule is COc1ccc(/C=C2\SC(=Nc3ccccc3)N([C@H]3CCCC[C@@H]3C)C2=O)cc1[N+](=O)[O-]. The van der Waals surface area contributed by atoms with E-state index in [0.717, 1.165) is 24.9 Å². The molecule has 2 aromatic rings. The zero-order valence-electron chi connectivity index (χ0n) is 18.1. The molecule has 1 aliphatic carbocycles. The van der Waals surface area contributed by atoms with E-state index in [4.69, 9.17) is 9.73 Å². The Morgan fingerprint density at radius 1 is 1.19 bits per heavy atom. The summed E-state index contributed by atoms with van der Waals surface area (Å²) in [4.78, 5) is 31.5. The topological polar surface area (TPSA) is 85.0 Å². The summed E-state index contributed by atoms with van der Waals surface area (Å²) < 4.78 is 5.08. The van der Waals surface area contributed by atoms with Crippen LogP contribution in [0.15, 0.2) is 58.4 Å². The predicted octanol–water partition coefficient (Wildman–Crippen LogP) is 5.79. The highest BCUT2D eigenvalue weighted by Crippen LogP contribution is 2.40. The summed E-state index contributed by atoms with van der Waals surface area (Å²) in [6.45, 7) is 2.19. The second kappa shape index (κ2) is 9.56. The Morgan fingerprint density at radius 3 is 2.62 bits per heavy atom. The summed E-state index contributed by atoms with van der Waals surface area (Å²) in [5.41, 5.74) is 1.23. The number of thioether (sulfide) groups is 1. The van der Waals surface area contributed by atoms with Crippen LogP contribution >= 0.6 is 11.8 Å². The summed E-state index contributed by atoms with van der Waals surface area (Å²) in [7, 11) is 1.40. The summed E-state index contributed by atoms with van der Waals surface area (Å²) in [6, 6.07) is 14.4. The van der Waals surface area contributed by atoms with Crippen molar-refractivity contribution in [2.45, 2.75) is 38.6 Å². The highest BCUT2D eigenvalue weighted by molar-refractivity contribution is 8.18. The maximum Gasteiger partial charge on any atom is 0.311 e. The van der Waals surface area contributed by atoms with Crippen molar-refractivity contribution in [3.8, 4) is 5.75 Å². The minimum absolute atomic E-state index is 0.0955. The molecule has 0 radical (unpaired) electrons. The van der Waals surface area contributed by atoms with Gasteiger partial charge in [0.05, 0.1) is 22.6 Å². The first kappa shape index (κ1) is 22.1. The molecule has 4 rings (SSSR count). The maximum absolute atomic E-state index is 13.5. The molecule has 1 saturated heterocycles. The van der Waals surface area contributed by atoms with Gasteiger partial charge in [0, 0.05) is 12.1 Å². The number of amides is 1. The monoisotopic (exact) mass is 451 g/mol. The molecule has 1 saturated carbocycles. The van der Waals surface area contributed by atoms with Gasteiger partial charge in [0.2, 0.25) is 0 Å². The molecule has 166 valence electrons. The highest BCUT2D eigenvalue weighted by atomic mass is 32.2. The number of ether oxygens (including phenoxy) is 1. The number of hydrogen-bond acceptors (Lipinski definition) is 6. The van der Waals surface area contributed by atoms with E-state index in [9.17, 15) is 14.9 Å². The van der Waals surface area contributed by atoms with Crippen molar-refractivity contribution < 1.29 is 14.5 Å². The lowest BCUT2D eigenvalue weighted by Crippen LogP contribution is -2.44. The van der Waals surface area contributed by atoms with Crippen LogP contribution in [0.25, 0.3) is 6.08 Å². The van der Waals surface area contributed by atoms with Crippen molar-refractivity contribution in [3.63, 3.8) is 0 Å². The third-order valence-electron chi connectivity index (χ3n) is 5.91. The lowest BCUT2D eigenvalue weighted by molar-refractivity contribution is -0.385. The third kappa shape index (κ3) is 4.55. The van der Waals surface area contributed by atoms with E-state index in [1.807, 2.05) is 35.2 Å². The Balaban J connectivity index is 1.73. The molecular formula is C24H25N3O4S. The van der Waals surface area contributed by atoms with Gasteiger partial charge in [0.25, 0.3) is 5.91 Å². The molecular weight excluding hydrogens is 426 g/mol. The number of methoxy groups -OCH3 is 1. The lowest BCUT2D eigenvalue weighted by Gasteiger charge is -2.35. The summed E-state index contributed by atoms with van der Waals surface area (Å²) in [6.07, 6.45) is 6.00. The van der Waals surface area contributed by atoms with E-state index in [0.29, 0.717) is 21.6 Å². The average molecular weight is 452 g/mol. The number of benzene rings is 2. The van der Waals surface area contributed by atoms with Gasteiger partial charge in [0.15, 0.2) is 10.9 Å². The van der Waals surface area contributed by atoms with Crippen LogP contribution in [0, 0.1) is 16.0 Å². The molecule has 2 aliphatic rings. The van der Waals surface area contributed by atoms with Crippen molar-refractivity contribution >= 4 is 40.3 Å². The number of para-hydroxylation sites is 1. The van der Waals surface area contributed by atoms with E-state index < -0.39 is 4.92 Å². The van der Waals surface area contributed by atoms with Gasteiger partial charge in [-0.05, 0) is 60.4 Å². The van der Waals surface area contributed by atoms with Gasteiger partial charge >= 0.3 is 5.69 Å². The lowest BCUT2D eigenvalue weighted by atomic mass is 9.85. The molecule has 2 fully saturated rings. The Hall–Kier alpha value is -3.13. The van der Waals surface area contributed by atoms with Crippen LogP contribution in [0.3, 0.4) is 0 Å². The Morgan fingerprint density at radius 2 is 1.94 bits per heavy atom. The fourth-order valence-corrected chi connectivity index (χ4v) is 5.29. The van der Waals surface area contributed by atoms with Crippen molar-refractivity contribution in [2.24, 2.45) is 10.9 Å². The molecule has 7 nitrogen and oxygen atoms in total. The van der Waals surface area contributed by atoms with Gasteiger partial charge in [0.1, 0.15) is 0 Å². The largest absolute Gasteiger partial charge is 0.490 e. The van der Waals surface area contributed by atoms with Crippen LogP contribution in [-0.4, -0.2) is 34.0 Å². The van der Waals surface area contributed by atoms with Crippen LogP contribution < -0.4 is 4.74 Å². The number of nitrogens with zero attached hydrogens (tertiary/aromatic N) is 3. The molecule has 2 aromatic carbocycles. The number of hydrogen-bond donors (Lipinski definition) is 0. The van der Waals surface area contributed by atoms with Gasteiger partial charge in [-0.2, -0.15) is 0 Å². The fraction of sp³-hybridized carbons (Fsp3) is 0.333. The minimum Gasteiger partial charge on any atom is -0.490 e. The molecule has 1 amide bonds. The first-order valence-electron chi connectivity index (χ1n) is 10.7. The summed E-state index contributed by atoms with van der Waals surface area (Å²) in [5.74, 6) is 0.476. The molecule has 1 heterocycles. The molecule has 0 aromatic heterocycles. The molecule has 0 bridgehead atoms. The Kier molecular flexibility index (Phi) is 6.60. The normalized spacial score (nSPS) is 23.7. The first-order valence-corrected chi connectivity index (χ1v) is 11.5. The van der Waals surface area contributed by atoms with Crippen molar-refractivity contribution in [3.05, 3.63) is 69.1 Å². The fourth-order valence-electron chi connectivity index (χ4n) is 4.24. The summed E-state index contributed by atoms with van der Waals surface area (Å²) in [5, 5.41) is 12.1. The maximum atomic E-state index is 13.5. The zero-order chi connectivity index (χ0) is 22.7. The highest BCUT2D eigenvalue weighted by Gasteiger charge is 2.41. The summed E-state index contributed by atoms with van der Waals surface area (Å²) >= 11 is 1.32. The van der Waals surface area contributed by atoms with Gasteiger partial charge in [-0.3, -0.25) is 19.8 Å². The van der Waals surface area contributed by atoms with E-state index in [1.165, 1.54) is 31.4 Å². The van der Waals surface area contributed by atoms with E-state index in [-0.39, 0.29) is 23.4 Å². The van der Waals surface area contributed by atoms with Crippen LogP contribution in [0.1, 0.15) is 38.2 Å². The molecule has 1 aliphatic heterocycles. The Bertz CT molecular complexity index is 1080. The van der Waals surface area contributed by atoms with Gasteiger partial charge in [-0.25, -0.2) is 4.99 Å². The van der Waals surface area contributed by atoms with Crippen molar-refractivity contribution in [1.82, 2.24) is 4.90 Å². The van der Waals surface area contributed by atoms with E-state index in [1.54, 1.807) is 18.2 Å². The molecule has 2 atom stereocenters. The van der Waals surface area contributed by atoms with Crippen LogP contribution in [-0.2, 0) is 4.79 Å². The number of nitro benzene ring substituents is 1. The van der Waals surface area contributed by atoms with Crippen LogP contribution in [0.5, 0.6) is 5.75 Å². The number of amidine groups is 1. The standard InChI is InChI=1S/C24H25N3O4S/c1-16-8-6-7-11-19(16)26-23(28)22(32-24(26)25-18-9-4-3-5-10-18)15-17-12-13-21(31-2)20(14-17)27(29)30/h3-5,9-10,12-16,19H,6-8,11H2,1-2H3/b22-15-,25-24?/t16-,19-/m0/s1. The van der Waals surface area contributed by atoms with E-state index >= 15 is 0 Å². The number of aliphatic imine (C=N–C) groups is 1. The quantitative estimate of drug-likeness (QED) is 0.326. The van der Waals surface area contributed by atoms with Gasteiger partial charge in [-0.15, -0.1) is 0 Å². The smallest absolute Gasteiger partial charge is 0.311 e. The first-order chi connectivity index (χ1) is 15.5. The molecule has 0 N–H and O–H groups in total. The second-order valence-corrected chi connectivity index (χ2v) is 9.04. The van der Waals surface area contributed by atoms with E-state index in [2.05, 4.69) is 6.92 Å². The van der Waals surface area contributed by atoms with Gasteiger partial charge < -0.3 is 4.74 Å². The average Bonchev–Trinajstić information content (AvgIpc) is 3.09. The predicted molar refractivity (Wildman–Crippen MR) is 127 cm³/mol. The molecule has 0 unspecified atom stereocenters. The van der Waals surface area contributed by atoms with Gasteiger partial charge in [-0.1, -0.05) is 44.0 Å². The van der Waals surface area contributed by atoms with Crippen molar-refractivity contribution in [2.75, 3.05) is 7.11 Å².